The predicted molar refractivity (Wildman–Crippen MR) is 115 cm³/mol. The van der Waals surface area contributed by atoms with Gasteiger partial charge < -0.3 is 4.74 Å². The molecule has 0 N–H and O–H groups in total. The Bertz CT molecular complexity index is 813. The van der Waals surface area contributed by atoms with Gasteiger partial charge in [-0.2, -0.15) is 0 Å². The fourth-order valence-electron chi connectivity index (χ4n) is 4.90. The average molecular weight is 420 g/mol. The zero-order chi connectivity index (χ0) is 18.9. The Kier molecular flexibility index (Phi) is 6.69. The number of hydrogen-bond acceptors (Lipinski definition) is 3. The number of fused-ring (bicyclic) bond motifs is 1. The molecule has 2 aromatic carbocycles. The van der Waals surface area contributed by atoms with E-state index in [1.165, 1.54) is 12.5 Å². The maximum atomic E-state index is 11.9. The standard InChI is InChI=1S/C23H26ClNO2.ClH/c1-17(26)27-23(19-7-3-2-4-8-19)13-14-25-16-18(11-12-20(25)15-23)21-9-5-6-10-22(21)24;/h2-10,18,20H,11-16H2,1H3;1H/t18-,20+,23+;/m0./s1. The minimum atomic E-state index is -0.495. The normalized spacial score (nSPS) is 27.4. The molecule has 2 fully saturated rings. The lowest BCUT2D eigenvalue weighted by atomic mass is 9.75. The molecule has 0 aliphatic carbocycles. The molecule has 0 bridgehead atoms. The summed E-state index contributed by atoms with van der Waals surface area (Å²) in [4.78, 5) is 14.4. The van der Waals surface area contributed by atoms with Gasteiger partial charge in [-0.15, -0.1) is 12.4 Å². The van der Waals surface area contributed by atoms with Gasteiger partial charge in [-0.1, -0.05) is 60.1 Å². The molecule has 4 rings (SSSR count). The van der Waals surface area contributed by atoms with Crippen molar-refractivity contribution >= 4 is 30.0 Å². The van der Waals surface area contributed by atoms with Gasteiger partial charge >= 0.3 is 5.97 Å². The first-order valence-corrected chi connectivity index (χ1v) is 10.2. The molecule has 0 spiro atoms. The second-order valence-electron chi connectivity index (χ2n) is 7.85. The molecule has 2 saturated heterocycles. The molecule has 2 aliphatic rings. The van der Waals surface area contributed by atoms with Gasteiger partial charge in [-0.25, -0.2) is 0 Å². The molecule has 150 valence electrons. The lowest BCUT2D eigenvalue weighted by Gasteiger charge is -2.49. The van der Waals surface area contributed by atoms with Gasteiger partial charge in [0.1, 0.15) is 5.60 Å². The topological polar surface area (TPSA) is 29.5 Å². The van der Waals surface area contributed by atoms with E-state index in [0.717, 1.165) is 49.4 Å². The highest BCUT2D eigenvalue weighted by Crippen LogP contribution is 2.44. The Balaban J connectivity index is 0.00000225. The van der Waals surface area contributed by atoms with Crippen LogP contribution < -0.4 is 0 Å². The van der Waals surface area contributed by atoms with Crippen LogP contribution in [-0.2, 0) is 15.1 Å². The first-order chi connectivity index (χ1) is 13.1. The summed E-state index contributed by atoms with van der Waals surface area (Å²) in [6, 6.07) is 18.9. The van der Waals surface area contributed by atoms with Crippen LogP contribution in [0.5, 0.6) is 0 Å². The van der Waals surface area contributed by atoms with E-state index in [4.69, 9.17) is 16.3 Å². The molecule has 0 unspecified atom stereocenters. The summed E-state index contributed by atoms with van der Waals surface area (Å²) in [6.07, 6.45) is 3.93. The molecular weight excluding hydrogens is 393 g/mol. The molecule has 5 heteroatoms. The van der Waals surface area contributed by atoms with E-state index in [1.54, 1.807) is 0 Å². The zero-order valence-electron chi connectivity index (χ0n) is 16.1. The molecule has 3 atom stereocenters. The third-order valence-corrected chi connectivity index (χ3v) is 6.52. The van der Waals surface area contributed by atoms with Gasteiger partial charge in [0, 0.05) is 43.9 Å². The molecule has 2 heterocycles. The fourth-order valence-corrected chi connectivity index (χ4v) is 5.19. The van der Waals surface area contributed by atoms with Gasteiger partial charge in [-0.3, -0.25) is 9.69 Å². The van der Waals surface area contributed by atoms with Crippen LogP contribution in [0.3, 0.4) is 0 Å². The lowest BCUT2D eigenvalue weighted by Crippen LogP contribution is -2.53. The first-order valence-electron chi connectivity index (χ1n) is 9.81. The Hall–Kier alpha value is -1.55. The number of carbonyl (C=O) groups excluding carboxylic acids is 1. The van der Waals surface area contributed by atoms with Gasteiger partial charge in [0.15, 0.2) is 0 Å². The number of rotatable bonds is 3. The van der Waals surface area contributed by atoms with Gasteiger partial charge in [-0.05, 0) is 36.0 Å². The molecule has 0 radical (unpaired) electrons. The molecular formula is C23H27Cl2NO2. The molecule has 3 nitrogen and oxygen atoms in total. The van der Waals surface area contributed by atoms with Crippen LogP contribution in [0, 0.1) is 0 Å². The predicted octanol–water partition coefficient (Wildman–Crippen LogP) is 5.56. The average Bonchev–Trinajstić information content (AvgIpc) is 2.68. The van der Waals surface area contributed by atoms with Crippen molar-refractivity contribution in [3.05, 3.63) is 70.7 Å². The van der Waals surface area contributed by atoms with Crippen molar-refractivity contribution < 1.29 is 9.53 Å². The van der Waals surface area contributed by atoms with Gasteiger partial charge in [0.25, 0.3) is 0 Å². The summed E-state index contributed by atoms with van der Waals surface area (Å²) in [5.41, 5.74) is 1.89. The van der Waals surface area contributed by atoms with Crippen LogP contribution in [-0.4, -0.2) is 30.0 Å². The van der Waals surface area contributed by atoms with E-state index in [9.17, 15) is 4.79 Å². The lowest BCUT2D eigenvalue weighted by molar-refractivity contribution is -0.168. The van der Waals surface area contributed by atoms with Crippen LogP contribution in [0.15, 0.2) is 54.6 Å². The van der Waals surface area contributed by atoms with Crippen LogP contribution in [0.1, 0.15) is 49.7 Å². The highest BCUT2D eigenvalue weighted by atomic mass is 35.5. The highest BCUT2D eigenvalue weighted by Gasteiger charge is 2.45. The maximum absolute atomic E-state index is 11.9. The smallest absolute Gasteiger partial charge is 0.303 e. The summed E-state index contributed by atoms with van der Waals surface area (Å²) in [5, 5.41) is 0.872. The number of hydrogen-bond donors (Lipinski definition) is 0. The van der Waals surface area contributed by atoms with E-state index in [-0.39, 0.29) is 18.4 Å². The largest absolute Gasteiger partial charge is 0.454 e. The second-order valence-corrected chi connectivity index (χ2v) is 8.26. The molecule has 28 heavy (non-hydrogen) atoms. The Labute approximate surface area is 178 Å². The fraction of sp³-hybridized carbons (Fsp3) is 0.435. The number of ether oxygens (including phenoxy) is 1. The second kappa shape index (κ2) is 8.86. The van der Waals surface area contributed by atoms with Crippen LogP contribution >= 0.6 is 24.0 Å². The molecule has 0 aromatic heterocycles. The molecule has 0 amide bonds. The van der Waals surface area contributed by atoms with Crippen LogP contribution in [0.25, 0.3) is 0 Å². The number of benzene rings is 2. The summed E-state index contributed by atoms with van der Waals surface area (Å²) in [6.45, 7) is 3.48. The van der Waals surface area contributed by atoms with Crippen LogP contribution in [0.4, 0.5) is 0 Å². The van der Waals surface area contributed by atoms with E-state index in [1.807, 2.05) is 30.3 Å². The summed E-state index contributed by atoms with van der Waals surface area (Å²) >= 11 is 6.44. The number of nitrogens with zero attached hydrogens (tertiary/aromatic N) is 1. The molecule has 2 aliphatic heterocycles. The van der Waals surface area contributed by atoms with E-state index < -0.39 is 5.60 Å². The summed E-state index contributed by atoms with van der Waals surface area (Å²) in [7, 11) is 0. The zero-order valence-corrected chi connectivity index (χ0v) is 17.7. The molecule has 2 aromatic rings. The molecule has 0 saturated carbocycles. The Morgan fingerprint density at radius 2 is 1.82 bits per heavy atom. The van der Waals surface area contributed by atoms with Crippen molar-refractivity contribution in [1.82, 2.24) is 4.90 Å². The van der Waals surface area contributed by atoms with Crippen LogP contribution in [0.2, 0.25) is 5.02 Å². The third-order valence-electron chi connectivity index (χ3n) is 6.17. The van der Waals surface area contributed by atoms with Crippen molar-refractivity contribution in [3.63, 3.8) is 0 Å². The van der Waals surface area contributed by atoms with Gasteiger partial charge in [0.05, 0.1) is 0 Å². The number of piperidine rings is 2. The third kappa shape index (κ3) is 4.22. The Morgan fingerprint density at radius 3 is 2.54 bits per heavy atom. The number of halogens is 2. The SMILES string of the molecule is CC(=O)O[C@]1(c2ccccc2)CCN2C[C@@H](c3ccccc3Cl)CC[C@@H]2C1.Cl. The highest BCUT2D eigenvalue weighted by molar-refractivity contribution is 6.31. The van der Waals surface area contributed by atoms with E-state index >= 15 is 0 Å². The van der Waals surface area contributed by atoms with Crippen molar-refractivity contribution in [2.45, 2.75) is 50.2 Å². The minimum absolute atomic E-state index is 0. The quantitative estimate of drug-likeness (QED) is 0.609. The van der Waals surface area contributed by atoms with Crippen molar-refractivity contribution in [2.24, 2.45) is 0 Å². The first kappa shape index (κ1) is 21.2. The van der Waals surface area contributed by atoms with Gasteiger partial charge in [0.2, 0.25) is 0 Å². The number of esters is 1. The number of carbonyl (C=O) groups is 1. The summed E-state index contributed by atoms with van der Waals surface area (Å²) in [5.74, 6) is 0.282. The van der Waals surface area contributed by atoms with E-state index in [0.29, 0.717) is 12.0 Å². The van der Waals surface area contributed by atoms with Crippen molar-refractivity contribution in [1.29, 1.82) is 0 Å². The van der Waals surface area contributed by atoms with Crippen molar-refractivity contribution in [2.75, 3.05) is 13.1 Å². The maximum Gasteiger partial charge on any atom is 0.303 e. The summed E-state index contributed by atoms with van der Waals surface area (Å²) < 4.78 is 5.96. The monoisotopic (exact) mass is 419 g/mol. The van der Waals surface area contributed by atoms with E-state index in [2.05, 4.69) is 29.2 Å². The minimum Gasteiger partial charge on any atom is -0.454 e. The van der Waals surface area contributed by atoms with Crippen molar-refractivity contribution in [3.8, 4) is 0 Å². The Morgan fingerprint density at radius 1 is 1.11 bits per heavy atom.